The molecule has 0 bridgehead atoms. The maximum atomic E-state index is 12.7. The highest BCUT2D eigenvalue weighted by Crippen LogP contribution is 2.25. The summed E-state index contributed by atoms with van der Waals surface area (Å²) in [5.74, 6) is -0.964. The van der Waals surface area contributed by atoms with Crippen LogP contribution in [0.5, 0.6) is 0 Å². The largest absolute Gasteiger partial charge is 0.350 e. The Hall–Kier alpha value is -2.70. The number of benzene rings is 2. The van der Waals surface area contributed by atoms with E-state index in [1.54, 1.807) is 12.1 Å². The lowest BCUT2D eigenvalue weighted by Crippen LogP contribution is -2.37. The van der Waals surface area contributed by atoms with E-state index in [0.717, 1.165) is 5.56 Å². The zero-order valence-electron chi connectivity index (χ0n) is 15.2. The summed E-state index contributed by atoms with van der Waals surface area (Å²) >= 11 is 0. The minimum absolute atomic E-state index is 0. The first-order chi connectivity index (χ1) is 12.5. The van der Waals surface area contributed by atoms with Crippen molar-refractivity contribution in [2.24, 2.45) is 0 Å². The van der Waals surface area contributed by atoms with Crippen LogP contribution in [-0.2, 0) is 6.54 Å². The fraction of sp³-hybridized carbons (Fsp3) is 0.250. The fourth-order valence-electron chi connectivity index (χ4n) is 2.79. The van der Waals surface area contributed by atoms with Gasteiger partial charge in [0.15, 0.2) is 0 Å². The van der Waals surface area contributed by atoms with Gasteiger partial charge in [-0.05, 0) is 37.7 Å². The Morgan fingerprint density at radius 3 is 2.37 bits per heavy atom. The summed E-state index contributed by atoms with van der Waals surface area (Å²) in [5, 5.41) is 5.84. The minimum atomic E-state index is -0.368. The second kappa shape index (κ2) is 8.79. The predicted molar refractivity (Wildman–Crippen MR) is 105 cm³/mol. The lowest BCUT2D eigenvalue weighted by atomic mass is 10.1. The Bertz CT molecular complexity index is 855. The standard InChI is InChI=1S/C20H21N3O3.ClH/c1-13(21-2)11-22-18(24)15-8-9-16-17(10-15)20(26)23(19(16)25)12-14-6-4-3-5-7-14;/h3-10,13,21H,11-12H2,1-2H3,(H,22,24);1H. The van der Waals surface area contributed by atoms with E-state index in [-0.39, 0.29) is 48.3 Å². The summed E-state index contributed by atoms with van der Waals surface area (Å²) in [6, 6.07) is 14.1. The SMILES string of the molecule is CNC(C)CNC(=O)c1ccc2c(c1)C(=O)N(Cc1ccccc1)C2=O.Cl. The maximum Gasteiger partial charge on any atom is 0.261 e. The predicted octanol–water partition coefficient (Wildman–Crippen LogP) is 2.24. The van der Waals surface area contributed by atoms with Crippen LogP contribution in [0, 0.1) is 0 Å². The van der Waals surface area contributed by atoms with Crippen molar-refractivity contribution in [3.8, 4) is 0 Å². The van der Waals surface area contributed by atoms with E-state index < -0.39 is 0 Å². The van der Waals surface area contributed by atoms with Gasteiger partial charge in [-0.2, -0.15) is 0 Å². The van der Waals surface area contributed by atoms with Gasteiger partial charge in [0.1, 0.15) is 0 Å². The van der Waals surface area contributed by atoms with Gasteiger partial charge in [-0.3, -0.25) is 19.3 Å². The molecule has 2 N–H and O–H groups in total. The Balaban J connectivity index is 0.00000261. The average molecular weight is 388 g/mol. The summed E-state index contributed by atoms with van der Waals surface area (Å²) in [4.78, 5) is 38.7. The molecule has 0 aliphatic carbocycles. The number of imide groups is 1. The lowest BCUT2D eigenvalue weighted by Gasteiger charge is -2.13. The number of likely N-dealkylation sites (N-methyl/N-ethyl adjacent to an activating group) is 1. The highest BCUT2D eigenvalue weighted by molar-refractivity contribution is 6.22. The van der Waals surface area contributed by atoms with E-state index in [0.29, 0.717) is 17.7 Å². The third kappa shape index (κ3) is 4.35. The van der Waals surface area contributed by atoms with Crippen LogP contribution in [0.15, 0.2) is 48.5 Å². The van der Waals surface area contributed by atoms with E-state index in [9.17, 15) is 14.4 Å². The first-order valence-corrected chi connectivity index (χ1v) is 8.51. The van der Waals surface area contributed by atoms with Crippen molar-refractivity contribution >= 4 is 30.1 Å². The number of hydrogen-bond acceptors (Lipinski definition) is 4. The molecule has 27 heavy (non-hydrogen) atoms. The summed E-state index contributed by atoms with van der Waals surface area (Å²) in [6.45, 7) is 2.64. The average Bonchev–Trinajstić information content (AvgIpc) is 2.91. The van der Waals surface area contributed by atoms with Crippen LogP contribution in [0.3, 0.4) is 0 Å². The molecule has 0 spiro atoms. The van der Waals surface area contributed by atoms with Crippen LogP contribution in [0.1, 0.15) is 43.6 Å². The molecule has 1 unspecified atom stereocenters. The number of carbonyl (C=O) groups is 3. The Kier molecular flexibility index (Phi) is 6.71. The van der Waals surface area contributed by atoms with Crippen LogP contribution in [-0.4, -0.2) is 42.3 Å². The van der Waals surface area contributed by atoms with Gasteiger partial charge in [0.05, 0.1) is 17.7 Å². The molecule has 0 aromatic heterocycles. The summed E-state index contributed by atoms with van der Waals surface area (Å²) in [6.07, 6.45) is 0. The molecule has 1 aliphatic heterocycles. The van der Waals surface area contributed by atoms with Gasteiger partial charge >= 0.3 is 0 Å². The molecule has 0 saturated carbocycles. The van der Waals surface area contributed by atoms with E-state index in [2.05, 4.69) is 10.6 Å². The molecule has 3 amide bonds. The minimum Gasteiger partial charge on any atom is -0.350 e. The lowest BCUT2D eigenvalue weighted by molar-refractivity contribution is 0.0642. The van der Waals surface area contributed by atoms with E-state index >= 15 is 0 Å². The first-order valence-electron chi connectivity index (χ1n) is 8.51. The van der Waals surface area contributed by atoms with Gasteiger partial charge in [0.25, 0.3) is 17.7 Å². The molecule has 0 radical (unpaired) electrons. The molecule has 0 saturated heterocycles. The van der Waals surface area contributed by atoms with Gasteiger partial charge in [-0.25, -0.2) is 0 Å². The number of halogens is 1. The number of carbonyl (C=O) groups excluding carboxylic acids is 3. The number of nitrogens with one attached hydrogen (secondary N) is 2. The Morgan fingerprint density at radius 1 is 1.04 bits per heavy atom. The van der Waals surface area contributed by atoms with Gasteiger partial charge in [0, 0.05) is 18.2 Å². The number of rotatable bonds is 6. The third-order valence-electron chi connectivity index (χ3n) is 4.48. The molecule has 142 valence electrons. The molecule has 1 atom stereocenters. The number of hydrogen-bond donors (Lipinski definition) is 2. The van der Waals surface area contributed by atoms with Crippen LogP contribution < -0.4 is 10.6 Å². The van der Waals surface area contributed by atoms with E-state index in [4.69, 9.17) is 0 Å². The van der Waals surface area contributed by atoms with Crippen LogP contribution in [0.25, 0.3) is 0 Å². The highest BCUT2D eigenvalue weighted by Gasteiger charge is 2.35. The summed E-state index contributed by atoms with van der Waals surface area (Å²) in [7, 11) is 1.82. The number of nitrogens with zero attached hydrogens (tertiary/aromatic N) is 1. The first kappa shape index (κ1) is 20.6. The van der Waals surface area contributed by atoms with Crippen molar-refractivity contribution < 1.29 is 14.4 Å². The molecular weight excluding hydrogens is 366 g/mol. The van der Waals surface area contributed by atoms with Crippen molar-refractivity contribution in [1.29, 1.82) is 0 Å². The zero-order chi connectivity index (χ0) is 18.7. The van der Waals surface area contributed by atoms with Gasteiger partial charge in [-0.1, -0.05) is 30.3 Å². The molecule has 6 nitrogen and oxygen atoms in total. The van der Waals surface area contributed by atoms with Crippen molar-refractivity contribution in [1.82, 2.24) is 15.5 Å². The molecule has 2 aromatic carbocycles. The van der Waals surface area contributed by atoms with Crippen LogP contribution >= 0.6 is 12.4 Å². The van der Waals surface area contributed by atoms with Crippen molar-refractivity contribution in [3.05, 3.63) is 70.8 Å². The second-order valence-electron chi connectivity index (χ2n) is 6.34. The normalized spacial score (nSPS) is 13.8. The fourth-order valence-corrected chi connectivity index (χ4v) is 2.79. The smallest absolute Gasteiger partial charge is 0.261 e. The topological polar surface area (TPSA) is 78.5 Å². The van der Waals surface area contributed by atoms with E-state index in [1.807, 2.05) is 44.3 Å². The highest BCUT2D eigenvalue weighted by atomic mass is 35.5. The van der Waals surface area contributed by atoms with Gasteiger partial charge in [-0.15, -0.1) is 12.4 Å². The Labute approximate surface area is 164 Å². The third-order valence-corrected chi connectivity index (χ3v) is 4.48. The van der Waals surface area contributed by atoms with Crippen molar-refractivity contribution in [2.75, 3.05) is 13.6 Å². The van der Waals surface area contributed by atoms with Gasteiger partial charge < -0.3 is 10.6 Å². The van der Waals surface area contributed by atoms with Crippen molar-refractivity contribution in [2.45, 2.75) is 19.5 Å². The van der Waals surface area contributed by atoms with Crippen molar-refractivity contribution in [3.63, 3.8) is 0 Å². The van der Waals surface area contributed by atoms with Gasteiger partial charge in [0.2, 0.25) is 0 Å². The molecular formula is C20H22ClN3O3. The molecule has 0 fully saturated rings. The maximum absolute atomic E-state index is 12.7. The quantitative estimate of drug-likeness (QED) is 0.745. The molecule has 3 rings (SSSR count). The Morgan fingerprint density at radius 2 is 1.70 bits per heavy atom. The van der Waals surface area contributed by atoms with Crippen LogP contribution in [0.2, 0.25) is 0 Å². The number of fused-ring (bicyclic) bond motifs is 1. The number of amides is 3. The van der Waals surface area contributed by atoms with Crippen LogP contribution in [0.4, 0.5) is 0 Å². The summed E-state index contributed by atoms with van der Waals surface area (Å²) < 4.78 is 0. The van der Waals surface area contributed by atoms with E-state index in [1.165, 1.54) is 11.0 Å². The summed E-state index contributed by atoms with van der Waals surface area (Å²) in [5.41, 5.74) is 1.86. The molecule has 2 aromatic rings. The monoisotopic (exact) mass is 387 g/mol. The molecule has 1 heterocycles. The molecule has 1 aliphatic rings. The zero-order valence-corrected chi connectivity index (χ0v) is 16.0. The second-order valence-corrected chi connectivity index (χ2v) is 6.34. The molecule has 7 heteroatoms.